The Hall–Kier alpha value is -1.12. The lowest BCUT2D eigenvalue weighted by atomic mass is 9.71. The summed E-state index contributed by atoms with van der Waals surface area (Å²) in [5.74, 6) is 2.04. The van der Waals surface area contributed by atoms with E-state index in [0.717, 1.165) is 36.5 Å². The fourth-order valence-corrected chi connectivity index (χ4v) is 6.19. The molecule has 2 aliphatic rings. The zero-order valence-corrected chi connectivity index (χ0v) is 19.2. The van der Waals surface area contributed by atoms with Crippen molar-refractivity contribution < 1.29 is 13.5 Å². The minimum Gasteiger partial charge on any atom is -0.491 e. The molecule has 1 atom stereocenters. The van der Waals surface area contributed by atoms with Crippen LogP contribution in [-0.2, 0) is 6.42 Å². The van der Waals surface area contributed by atoms with Gasteiger partial charge in [-0.25, -0.2) is 4.39 Å². The molecule has 0 amide bonds. The summed E-state index contributed by atoms with van der Waals surface area (Å²) in [6, 6.07) is 3.28. The van der Waals surface area contributed by atoms with Gasteiger partial charge in [-0.05, 0) is 80.8 Å². The highest BCUT2D eigenvalue weighted by Crippen LogP contribution is 2.41. The lowest BCUT2D eigenvalue weighted by molar-refractivity contribution is 0.169. The van der Waals surface area contributed by atoms with Crippen LogP contribution in [-0.4, -0.2) is 6.61 Å². The average molecular weight is 421 g/mol. The van der Waals surface area contributed by atoms with E-state index < -0.39 is 11.6 Å². The molecule has 1 aromatic rings. The zero-order valence-electron chi connectivity index (χ0n) is 19.2. The first-order chi connectivity index (χ1) is 14.6. The van der Waals surface area contributed by atoms with Crippen molar-refractivity contribution in [3.63, 3.8) is 0 Å². The van der Waals surface area contributed by atoms with Crippen molar-refractivity contribution in [2.24, 2.45) is 23.7 Å². The Balaban J connectivity index is 1.46. The van der Waals surface area contributed by atoms with Crippen LogP contribution in [0.5, 0.6) is 5.75 Å². The monoisotopic (exact) mass is 420 g/mol. The molecule has 0 bridgehead atoms. The second kappa shape index (κ2) is 12.1. The van der Waals surface area contributed by atoms with Crippen LogP contribution in [0.25, 0.3) is 0 Å². The molecule has 0 heterocycles. The highest BCUT2D eigenvalue weighted by molar-refractivity contribution is 5.31. The van der Waals surface area contributed by atoms with Crippen molar-refractivity contribution in [1.82, 2.24) is 0 Å². The van der Waals surface area contributed by atoms with Gasteiger partial charge >= 0.3 is 0 Å². The first kappa shape index (κ1) is 23.5. The van der Waals surface area contributed by atoms with E-state index >= 15 is 0 Å². The minimum absolute atomic E-state index is 0.0250. The van der Waals surface area contributed by atoms with Crippen LogP contribution in [0.3, 0.4) is 0 Å². The molecule has 0 aromatic heterocycles. The maximum atomic E-state index is 14.4. The van der Waals surface area contributed by atoms with Gasteiger partial charge in [-0.3, -0.25) is 0 Å². The van der Waals surface area contributed by atoms with E-state index in [1.54, 1.807) is 19.1 Å². The van der Waals surface area contributed by atoms with Crippen LogP contribution >= 0.6 is 0 Å². The van der Waals surface area contributed by atoms with E-state index in [-0.39, 0.29) is 5.75 Å². The number of aryl methyl sites for hydroxylation is 1. The van der Waals surface area contributed by atoms with Gasteiger partial charge in [0.1, 0.15) is 0 Å². The van der Waals surface area contributed by atoms with E-state index in [2.05, 4.69) is 6.92 Å². The molecule has 0 N–H and O–H groups in total. The fourth-order valence-electron chi connectivity index (χ4n) is 6.19. The van der Waals surface area contributed by atoms with Gasteiger partial charge in [-0.1, -0.05) is 64.4 Å². The number of halogens is 2. The van der Waals surface area contributed by atoms with Gasteiger partial charge in [0, 0.05) is 0 Å². The largest absolute Gasteiger partial charge is 0.491 e. The van der Waals surface area contributed by atoms with Crippen molar-refractivity contribution in [3.05, 3.63) is 29.3 Å². The third-order valence-electron chi connectivity index (χ3n) is 7.81. The van der Waals surface area contributed by atoms with Crippen LogP contribution in [0.2, 0.25) is 0 Å². The zero-order chi connectivity index (χ0) is 21.3. The Bertz CT molecular complexity index is 630. The summed E-state index contributed by atoms with van der Waals surface area (Å²) in [6.45, 7) is 4.40. The van der Waals surface area contributed by atoms with Crippen LogP contribution in [0, 0.1) is 35.3 Å². The SMILES string of the molecule is CCCC(CCCc1ccc(OCC)c(F)c1F)C1CCC(CC2CCCC2)CC1. The normalized spacial score (nSPS) is 23.6. The number of hydrogen-bond acceptors (Lipinski definition) is 1. The predicted molar refractivity (Wildman–Crippen MR) is 121 cm³/mol. The predicted octanol–water partition coefficient (Wildman–Crippen LogP) is 8.49. The van der Waals surface area contributed by atoms with Crippen LogP contribution in [0.15, 0.2) is 12.1 Å². The van der Waals surface area contributed by atoms with Gasteiger partial charge in [0.2, 0.25) is 5.82 Å². The maximum absolute atomic E-state index is 14.4. The van der Waals surface area contributed by atoms with Crippen LogP contribution < -0.4 is 4.74 Å². The summed E-state index contributed by atoms with van der Waals surface area (Å²) in [6.07, 6.45) is 18.1. The summed E-state index contributed by atoms with van der Waals surface area (Å²) in [7, 11) is 0. The standard InChI is InChI=1S/C27H42F2O/c1-3-8-22(23-15-13-21(14-16-23)19-20-9-5-6-10-20)11-7-12-24-17-18-25(30-4-2)27(29)26(24)28/h17-18,20-23H,3-16,19H2,1-2H3. The van der Waals surface area contributed by atoms with Gasteiger partial charge in [0.25, 0.3) is 0 Å². The lowest BCUT2D eigenvalue weighted by Gasteiger charge is -2.35. The third kappa shape index (κ3) is 6.44. The first-order valence-corrected chi connectivity index (χ1v) is 12.7. The van der Waals surface area contributed by atoms with Gasteiger partial charge in [0.05, 0.1) is 6.61 Å². The molecule has 2 aliphatic carbocycles. The molecular formula is C27H42F2O. The molecule has 1 unspecified atom stereocenters. The molecule has 2 fully saturated rings. The average Bonchev–Trinajstić information content (AvgIpc) is 3.26. The third-order valence-corrected chi connectivity index (χ3v) is 7.81. The molecule has 2 saturated carbocycles. The fraction of sp³-hybridized carbons (Fsp3) is 0.778. The van der Waals surface area contributed by atoms with E-state index in [1.165, 1.54) is 70.6 Å². The highest BCUT2D eigenvalue weighted by atomic mass is 19.2. The molecular weight excluding hydrogens is 378 g/mol. The number of benzene rings is 1. The number of rotatable bonds is 11. The molecule has 1 aromatic carbocycles. The minimum atomic E-state index is -0.833. The molecule has 170 valence electrons. The Kier molecular flexibility index (Phi) is 9.46. The van der Waals surface area contributed by atoms with E-state index in [9.17, 15) is 8.78 Å². The Morgan fingerprint density at radius 1 is 0.900 bits per heavy atom. The topological polar surface area (TPSA) is 9.23 Å². The molecule has 0 spiro atoms. The van der Waals surface area contributed by atoms with E-state index in [0.29, 0.717) is 18.6 Å². The second-order valence-electron chi connectivity index (χ2n) is 9.89. The van der Waals surface area contributed by atoms with E-state index in [1.807, 2.05) is 0 Å². The lowest BCUT2D eigenvalue weighted by Crippen LogP contribution is -2.23. The Labute approximate surface area is 183 Å². The van der Waals surface area contributed by atoms with Gasteiger partial charge in [0.15, 0.2) is 11.6 Å². The Morgan fingerprint density at radius 3 is 2.27 bits per heavy atom. The summed E-state index contributed by atoms with van der Waals surface area (Å²) in [4.78, 5) is 0. The first-order valence-electron chi connectivity index (χ1n) is 12.7. The quantitative estimate of drug-likeness (QED) is 0.349. The summed E-state index contributed by atoms with van der Waals surface area (Å²) < 4.78 is 33.7. The van der Waals surface area contributed by atoms with Gasteiger partial charge in [-0.2, -0.15) is 4.39 Å². The van der Waals surface area contributed by atoms with Crippen LogP contribution in [0.1, 0.15) is 103 Å². The number of hydrogen-bond donors (Lipinski definition) is 0. The molecule has 30 heavy (non-hydrogen) atoms. The molecule has 3 heteroatoms. The van der Waals surface area contributed by atoms with Crippen molar-refractivity contribution in [2.75, 3.05) is 6.61 Å². The summed E-state index contributed by atoms with van der Waals surface area (Å²) in [5.41, 5.74) is 0.492. The van der Waals surface area contributed by atoms with Crippen molar-refractivity contribution in [1.29, 1.82) is 0 Å². The molecule has 3 rings (SSSR count). The molecule has 0 aliphatic heterocycles. The van der Waals surface area contributed by atoms with Gasteiger partial charge < -0.3 is 4.74 Å². The Morgan fingerprint density at radius 2 is 1.60 bits per heavy atom. The maximum Gasteiger partial charge on any atom is 0.200 e. The molecule has 0 saturated heterocycles. The van der Waals surface area contributed by atoms with Crippen molar-refractivity contribution in [3.8, 4) is 5.75 Å². The highest BCUT2D eigenvalue weighted by Gasteiger charge is 2.29. The molecule has 0 radical (unpaired) electrons. The summed E-state index contributed by atoms with van der Waals surface area (Å²) in [5, 5.41) is 0. The molecule has 1 nitrogen and oxygen atoms in total. The van der Waals surface area contributed by atoms with Crippen molar-refractivity contribution in [2.45, 2.75) is 104 Å². The smallest absolute Gasteiger partial charge is 0.200 e. The van der Waals surface area contributed by atoms with Crippen LogP contribution in [0.4, 0.5) is 8.78 Å². The second-order valence-corrected chi connectivity index (χ2v) is 9.89. The van der Waals surface area contributed by atoms with Gasteiger partial charge in [-0.15, -0.1) is 0 Å². The van der Waals surface area contributed by atoms with E-state index in [4.69, 9.17) is 4.74 Å². The summed E-state index contributed by atoms with van der Waals surface area (Å²) >= 11 is 0. The van der Waals surface area contributed by atoms with Crippen molar-refractivity contribution >= 4 is 0 Å². The number of ether oxygens (including phenoxy) is 1.